The molecule has 0 unspecified atom stereocenters. The molecule has 2 amide bonds. The van der Waals surface area contributed by atoms with Crippen LogP contribution in [0.25, 0.3) is 0 Å². The van der Waals surface area contributed by atoms with Crippen LogP contribution in [0.5, 0.6) is 11.5 Å². The molecule has 2 aromatic rings. The first-order valence-electron chi connectivity index (χ1n) is 8.50. The molecule has 2 aromatic carbocycles. The van der Waals surface area contributed by atoms with Crippen molar-refractivity contribution in [2.24, 2.45) is 0 Å². The molecular weight excluding hydrogens is 380 g/mol. The van der Waals surface area contributed by atoms with Gasteiger partial charge in [-0.05, 0) is 36.8 Å². The minimum absolute atomic E-state index is 0.188. The monoisotopic (exact) mass is 402 g/mol. The second kappa shape index (κ2) is 9.28. The summed E-state index contributed by atoms with van der Waals surface area (Å²) in [4.78, 5) is 26.4. The summed E-state index contributed by atoms with van der Waals surface area (Å²) >= 11 is 6.20. The van der Waals surface area contributed by atoms with Crippen LogP contribution >= 0.6 is 11.6 Å². The number of rotatable bonds is 7. The molecule has 0 heterocycles. The normalized spacial score (nSPS) is 10.2. The maximum absolute atomic E-state index is 12.8. The molecule has 0 saturated heterocycles. The summed E-state index contributed by atoms with van der Waals surface area (Å²) in [7, 11) is 6.35. The number of anilines is 1. The van der Waals surface area contributed by atoms with Crippen LogP contribution in [0.15, 0.2) is 43.0 Å². The summed E-state index contributed by atoms with van der Waals surface area (Å²) in [6.07, 6.45) is 2.22. The molecule has 0 aromatic heterocycles. The van der Waals surface area contributed by atoms with E-state index in [0.717, 1.165) is 5.56 Å². The zero-order valence-electron chi connectivity index (χ0n) is 16.3. The minimum atomic E-state index is -0.386. The van der Waals surface area contributed by atoms with Crippen LogP contribution in [0.2, 0.25) is 5.02 Å². The first-order valence-corrected chi connectivity index (χ1v) is 8.88. The summed E-state index contributed by atoms with van der Waals surface area (Å²) in [6.45, 7) is 3.73. The Labute approximate surface area is 169 Å². The first kappa shape index (κ1) is 21.3. The van der Waals surface area contributed by atoms with E-state index >= 15 is 0 Å². The van der Waals surface area contributed by atoms with Crippen LogP contribution in [0, 0.1) is 0 Å². The molecule has 6 nitrogen and oxygen atoms in total. The van der Waals surface area contributed by atoms with E-state index in [-0.39, 0.29) is 11.8 Å². The predicted molar refractivity (Wildman–Crippen MR) is 111 cm³/mol. The van der Waals surface area contributed by atoms with Gasteiger partial charge in [-0.25, -0.2) is 0 Å². The molecule has 0 aliphatic heterocycles. The zero-order chi connectivity index (χ0) is 20.8. The van der Waals surface area contributed by atoms with Crippen molar-refractivity contribution in [1.82, 2.24) is 4.90 Å². The lowest BCUT2D eigenvalue weighted by atomic mass is 10.0. The van der Waals surface area contributed by atoms with Gasteiger partial charge < -0.3 is 19.7 Å². The van der Waals surface area contributed by atoms with E-state index in [1.807, 2.05) is 0 Å². The summed E-state index contributed by atoms with van der Waals surface area (Å²) < 4.78 is 10.7. The van der Waals surface area contributed by atoms with Crippen LogP contribution in [-0.4, -0.2) is 45.0 Å². The predicted octanol–water partition coefficient (Wildman–Crippen LogP) is 4.04. The van der Waals surface area contributed by atoms with Crippen molar-refractivity contribution in [3.05, 3.63) is 64.7 Å². The molecule has 0 radical (unpaired) electrons. The Morgan fingerprint density at radius 2 is 1.86 bits per heavy atom. The number of carbonyl (C=O) groups excluding carboxylic acids is 2. The molecule has 0 aliphatic carbocycles. The number of ether oxygens (including phenoxy) is 2. The van der Waals surface area contributed by atoms with Crippen molar-refractivity contribution < 1.29 is 19.1 Å². The van der Waals surface area contributed by atoms with Gasteiger partial charge in [0.05, 0.1) is 24.9 Å². The Morgan fingerprint density at radius 3 is 2.43 bits per heavy atom. The first-order chi connectivity index (χ1) is 13.3. The lowest BCUT2D eigenvalue weighted by Gasteiger charge is -2.15. The Kier molecular flexibility index (Phi) is 7.06. The van der Waals surface area contributed by atoms with Crippen molar-refractivity contribution in [2.75, 3.05) is 33.6 Å². The third-order valence-corrected chi connectivity index (χ3v) is 4.38. The molecule has 0 bridgehead atoms. The molecule has 0 fully saturated rings. The molecule has 2 rings (SSSR count). The molecule has 28 heavy (non-hydrogen) atoms. The number of methoxy groups -OCH3 is 2. The fraction of sp³-hybridized carbons (Fsp3) is 0.238. The largest absolute Gasteiger partial charge is 0.493 e. The number of hydrogen-bond acceptors (Lipinski definition) is 4. The number of amides is 2. The second-order valence-electron chi connectivity index (χ2n) is 6.21. The zero-order valence-corrected chi connectivity index (χ0v) is 17.1. The van der Waals surface area contributed by atoms with E-state index in [2.05, 4.69) is 11.9 Å². The molecule has 1 N–H and O–H groups in total. The highest BCUT2D eigenvalue weighted by Gasteiger charge is 2.17. The maximum Gasteiger partial charge on any atom is 0.255 e. The average molecular weight is 403 g/mol. The number of carbonyl (C=O) groups is 2. The molecular formula is C21H23ClN2O4. The number of benzene rings is 2. The quantitative estimate of drug-likeness (QED) is 0.710. The van der Waals surface area contributed by atoms with Crippen molar-refractivity contribution in [2.45, 2.75) is 6.42 Å². The number of hydrogen-bond donors (Lipinski definition) is 1. The van der Waals surface area contributed by atoms with E-state index < -0.39 is 0 Å². The van der Waals surface area contributed by atoms with Gasteiger partial charge in [0.1, 0.15) is 0 Å². The number of allylic oxidation sites excluding steroid dienone is 1. The van der Waals surface area contributed by atoms with Gasteiger partial charge in [-0.1, -0.05) is 17.7 Å². The highest BCUT2D eigenvalue weighted by Crippen LogP contribution is 2.34. The smallest absolute Gasteiger partial charge is 0.255 e. The van der Waals surface area contributed by atoms with Gasteiger partial charge in [0.2, 0.25) is 0 Å². The van der Waals surface area contributed by atoms with Crippen molar-refractivity contribution in [3.63, 3.8) is 0 Å². The van der Waals surface area contributed by atoms with Crippen molar-refractivity contribution >= 4 is 29.1 Å². The summed E-state index contributed by atoms with van der Waals surface area (Å²) in [5.74, 6) is 0.416. The summed E-state index contributed by atoms with van der Waals surface area (Å²) in [6, 6.07) is 8.03. The topological polar surface area (TPSA) is 67.9 Å². The molecule has 0 spiro atoms. The van der Waals surface area contributed by atoms with Crippen LogP contribution in [0.3, 0.4) is 0 Å². The van der Waals surface area contributed by atoms with Gasteiger partial charge >= 0.3 is 0 Å². The van der Waals surface area contributed by atoms with Crippen LogP contribution in [0.4, 0.5) is 5.69 Å². The lowest BCUT2D eigenvalue weighted by molar-refractivity contribution is 0.0827. The van der Waals surface area contributed by atoms with Crippen LogP contribution < -0.4 is 14.8 Å². The highest BCUT2D eigenvalue weighted by atomic mass is 35.5. The Bertz CT molecular complexity index is 910. The molecule has 7 heteroatoms. The van der Waals surface area contributed by atoms with Gasteiger partial charge in [-0.15, -0.1) is 6.58 Å². The Morgan fingerprint density at radius 1 is 1.14 bits per heavy atom. The van der Waals surface area contributed by atoms with E-state index in [0.29, 0.717) is 39.8 Å². The summed E-state index contributed by atoms with van der Waals surface area (Å²) in [5, 5.41) is 3.08. The molecule has 0 aliphatic rings. The van der Waals surface area contributed by atoms with Crippen molar-refractivity contribution in [1.29, 1.82) is 0 Å². The van der Waals surface area contributed by atoms with Gasteiger partial charge in [-0.3, -0.25) is 9.59 Å². The fourth-order valence-corrected chi connectivity index (χ4v) is 2.85. The van der Waals surface area contributed by atoms with E-state index in [9.17, 15) is 9.59 Å². The number of halogens is 1. The van der Waals surface area contributed by atoms with E-state index in [1.54, 1.807) is 50.5 Å². The Hall–Kier alpha value is -2.99. The highest BCUT2D eigenvalue weighted by molar-refractivity contribution is 6.34. The van der Waals surface area contributed by atoms with Crippen LogP contribution in [-0.2, 0) is 6.42 Å². The standard InChI is InChI=1S/C21H23ClN2O4/c1-6-7-13-10-15(12-18(27-4)19(13)28-5)20(25)23-17-11-14(8-9-16(17)22)21(26)24(2)3/h6,8-12H,1,7H2,2-5H3,(H,23,25). The van der Waals surface area contributed by atoms with Gasteiger partial charge in [0, 0.05) is 30.8 Å². The number of nitrogens with one attached hydrogen (secondary N) is 1. The van der Waals surface area contributed by atoms with Gasteiger partial charge in [0.15, 0.2) is 11.5 Å². The van der Waals surface area contributed by atoms with Gasteiger partial charge in [-0.2, -0.15) is 0 Å². The molecule has 148 valence electrons. The average Bonchev–Trinajstić information content (AvgIpc) is 2.68. The van der Waals surface area contributed by atoms with Crippen molar-refractivity contribution in [3.8, 4) is 11.5 Å². The summed E-state index contributed by atoms with van der Waals surface area (Å²) in [5.41, 5.74) is 1.91. The lowest BCUT2D eigenvalue weighted by Crippen LogP contribution is -2.22. The maximum atomic E-state index is 12.8. The second-order valence-corrected chi connectivity index (χ2v) is 6.62. The third kappa shape index (κ3) is 4.64. The van der Waals surface area contributed by atoms with E-state index in [1.165, 1.54) is 19.1 Å². The third-order valence-electron chi connectivity index (χ3n) is 4.05. The molecule has 0 saturated carbocycles. The molecule has 0 atom stereocenters. The van der Waals surface area contributed by atoms with Gasteiger partial charge in [0.25, 0.3) is 11.8 Å². The van der Waals surface area contributed by atoms with Crippen LogP contribution in [0.1, 0.15) is 26.3 Å². The fourth-order valence-electron chi connectivity index (χ4n) is 2.69. The van der Waals surface area contributed by atoms with E-state index in [4.69, 9.17) is 21.1 Å². The number of nitrogens with zero attached hydrogens (tertiary/aromatic N) is 1. The Balaban J connectivity index is 2.40. The SMILES string of the molecule is C=CCc1cc(C(=O)Nc2cc(C(=O)N(C)C)ccc2Cl)cc(OC)c1OC. The minimum Gasteiger partial charge on any atom is -0.493 e.